The summed E-state index contributed by atoms with van der Waals surface area (Å²) in [5.41, 5.74) is 1.10. The van der Waals surface area contributed by atoms with Crippen molar-refractivity contribution >= 4 is 32.8 Å². The molecule has 7 nitrogen and oxygen atoms in total. The van der Waals surface area contributed by atoms with Gasteiger partial charge in [-0.2, -0.15) is 0 Å². The lowest BCUT2D eigenvalue weighted by atomic mass is 9.90. The first-order valence-corrected chi connectivity index (χ1v) is 11.8. The Hall–Kier alpha value is -3.04. The average molecular weight is 460 g/mol. The normalized spacial score (nSPS) is 15.7. The Bertz CT molecular complexity index is 1230. The predicted molar refractivity (Wildman–Crippen MR) is 117 cm³/mol. The van der Waals surface area contributed by atoms with E-state index in [2.05, 4.69) is 5.32 Å². The quantitative estimate of drug-likeness (QED) is 0.597. The van der Waals surface area contributed by atoms with Crippen molar-refractivity contribution in [1.29, 1.82) is 0 Å². The highest BCUT2D eigenvalue weighted by molar-refractivity contribution is 7.91. The zero-order valence-electron chi connectivity index (χ0n) is 17.2. The molecule has 9 heteroatoms. The lowest BCUT2D eigenvalue weighted by Crippen LogP contribution is -2.23. The molecule has 2 heterocycles. The van der Waals surface area contributed by atoms with Gasteiger partial charge in [0.1, 0.15) is 22.1 Å². The maximum absolute atomic E-state index is 13.3. The second-order valence-electron chi connectivity index (χ2n) is 6.93. The number of methoxy groups -OCH3 is 3. The first-order valence-electron chi connectivity index (χ1n) is 9.41. The monoisotopic (exact) mass is 459 g/mol. The Kier molecular flexibility index (Phi) is 5.63. The molecule has 0 fully saturated rings. The van der Waals surface area contributed by atoms with Gasteiger partial charge in [0.25, 0.3) is 0 Å². The molecule has 1 N–H and O–H groups in total. The number of amides is 1. The number of ether oxygens (including phenoxy) is 3. The molecule has 1 aromatic heterocycles. The molecular weight excluding hydrogens is 438 g/mol. The van der Waals surface area contributed by atoms with E-state index < -0.39 is 9.84 Å². The molecule has 0 radical (unpaired) electrons. The third kappa shape index (κ3) is 3.75. The predicted octanol–water partition coefficient (Wildman–Crippen LogP) is 4.08. The smallest absolute Gasteiger partial charge is 0.225 e. The lowest BCUT2D eigenvalue weighted by molar-refractivity contribution is -0.116. The molecule has 4 rings (SSSR count). The van der Waals surface area contributed by atoms with Crippen LogP contribution in [-0.2, 0) is 14.6 Å². The number of carbonyl (C=O) groups is 1. The minimum absolute atomic E-state index is 0.0811. The van der Waals surface area contributed by atoms with Gasteiger partial charge in [0.2, 0.25) is 15.7 Å². The summed E-state index contributed by atoms with van der Waals surface area (Å²) in [5.74, 6) is 1.20. The molecule has 1 aliphatic heterocycles. The number of fused-ring (bicyclic) bond motifs is 1. The molecule has 0 saturated heterocycles. The van der Waals surface area contributed by atoms with E-state index >= 15 is 0 Å². The van der Waals surface area contributed by atoms with Crippen LogP contribution in [0.1, 0.15) is 22.8 Å². The first kappa shape index (κ1) is 21.2. The Morgan fingerprint density at radius 1 is 0.968 bits per heavy atom. The van der Waals surface area contributed by atoms with Crippen molar-refractivity contribution in [3.63, 3.8) is 0 Å². The van der Waals surface area contributed by atoms with E-state index in [4.69, 9.17) is 14.2 Å². The summed E-state index contributed by atoms with van der Waals surface area (Å²) in [6, 6.07) is 11.5. The molecule has 31 heavy (non-hydrogen) atoms. The fraction of sp³-hybridized carbons (Fsp3) is 0.227. The molecule has 0 spiro atoms. The van der Waals surface area contributed by atoms with E-state index in [9.17, 15) is 13.2 Å². The molecule has 1 atom stereocenters. The molecule has 1 amide bonds. The van der Waals surface area contributed by atoms with Crippen molar-refractivity contribution in [2.24, 2.45) is 0 Å². The SMILES string of the molecule is COc1ccc(S(=O)(=O)c2csc3c2NC(=O)C[C@H]3c2cc(OC)ccc2OC)cc1. The van der Waals surface area contributed by atoms with Gasteiger partial charge in [0.15, 0.2) is 0 Å². The Morgan fingerprint density at radius 2 is 1.65 bits per heavy atom. The van der Waals surface area contributed by atoms with E-state index in [-0.39, 0.29) is 28.0 Å². The van der Waals surface area contributed by atoms with Crippen molar-refractivity contribution in [3.8, 4) is 17.2 Å². The number of benzene rings is 2. The zero-order valence-corrected chi connectivity index (χ0v) is 18.8. The molecule has 1 aliphatic rings. The molecule has 0 bridgehead atoms. The minimum atomic E-state index is -3.84. The summed E-state index contributed by atoms with van der Waals surface area (Å²) in [7, 11) is 0.803. The number of hydrogen-bond donors (Lipinski definition) is 1. The largest absolute Gasteiger partial charge is 0.497 e. The van der Waals surface area contributed by atoms with Crippen LogP contribution in [0.5, 0.6) is 17.2 Å². The van der Waals surface area contributed by atoms with Crippen LogP contribution in [0.4, 0.5) is 5.69 Å². The summed E-state index contributed by atoms with van der Waals surface area (Å²) in [4.78, 5) is 13.5. The van der Waals surface area contributed by atoms with Gasteiger partial charge in [0, 0.05) is 28.2 Å². The molecular formula is C22H21NO6S2. The molecule has 0 aliphatic carbocycles. The number of nitrogens with one attached hydrogen (secondary N) is 1. The summed E-state index contributed by atoms with van der Waals surface area (Å²) < 4.78 is 42.6. The molecule has 2 aromatic carbocycles. The number of carbonyl (C=O) groups excluding carboxylic acids is 1. The summed E-state index contributed by atoms with van der Waals surface area (Å²) in [6.07, 6.45) is 0.180. The third-order valence-electron chi connectivity index (χ3n) is 5.23. The van der Waals surface area contributed by atoms with Crippen LogP contribution in [0.2, 0.25) is 0 Å². The maximum atomic E-state index is 13.3. The highest BCUT2D eigenvalue weighted by Gasteiger charge is 2.35. The van der Waals surface area contributed by atoms with Crippen LogP contribution in [0, 0.1) is 0 Å². The second kappa shape index (κ2) is 8.24. The van der Waals surface area contributed by atoms with E-state index in [0.717, 1.165) is 10.4 Å². The standard InChI is InChI=1S/C22H21NO6S2/c1-27-13-4-7-15(8-5-13)31(25,26)19-12-30-22-17(11-20(24)23-21(19)22)16-10-14(28-2)6-9-18(16)29-3/h4-10,12,17H,11H2,1-3H3,(H,23,24)/t17-/m0/s1. The second-order valence-corrected chi connectivity index (χ2v) is 9.76. The fourth-order valence-electron chi connectivity index (χ4n) is 3.65. The van der Waals surface area contributed by atoms with Crippen LogP contribution >= 0.6 is 11.3 Å². The lowest BCUT2D eigenvalue weighted by Gasteiger charge is -2.25. The molecule has 0 saturated carbocycles. The van der Waals surface area contributed by atoms with Crippen LogP contribution in [0.3, 0.4) is 0 Å². The average Bonchev–Trinajstić information content (AvgIpc) is 3.22. The van der Waals surface area contributed by atoms with Gasteiger partial charge in [-0.25, -0.2) is 8.42 Å². The number of hydrogen-bond acceptors (Lipinski definition) is 7. The molecule has 162 valence electrons. The summed E-state index contributed by atoms with van der Waals surface area (Å²) in [6.45, 7) is 0. The van der Waals surface area contributed by atoms with Gasteiger partial charge < -0.3 is 19.5 Å². The molecule has 3 aromatic rings. The van der Waals surface area contributed by atoms with Crippen LogP contribution in [0.25, 0.3) is 0 Å². The zero-order chi connectivity index (χ0) is 22.2. The third-order valence-corrected chi connectivity index (χ3v) is 8.27. The van der Waals surface area contributed by atoms with Crippen molar-refractivity contribution < 1.29 is 27.4 Å². The van der Waals surface area contributed by atoms with Crippen LogP contribution in [0.15, 0.2) is 57.6 Å². The minimum Gasteiger partial charge on any atom is -0.497 e. The van der Waals surface area contributed by atoms with Gasteiger partial charge in [-0.1, -0.05) is 0 Å². The highest BCUT2D eigenvalue weighted by atomic mass is 32.2. The van der Waals surface area contributed by atoms with Crippen LogP contribution in [-0.4, -0.2) is 35.7 Å². The van der Waals surface area contributed by atoms with Crippen LogP contribution < -0.4 is 19.5 Å². The molecule has 0 unspecified atom stereocenters. The first-order chi connectivity index (χ1) is 14.9. The van der Waals surface area contributed by atoms with Crippen molar-refractivity contribution in [2.75, 3.05) is 26.6 Å². The van der Waals surface area contributed by atoms with Gasteiger partial charge >= 0.3 is 0 Å². The fourth-order valence-corrected chi connectivity index (χ4v) is 6.55. The van der Waals surface area contributed by atoms with Gasteiger partial charge in [0.05, 0.1) is 31.9 Å². The Labute approximate surface area is 184 Å². The topological polar surface area (TPSA) is 90.9 Å². The maximum Gasteiger partial charge on any atom is 0.225 e. The Morgan fingerprint density at radius 3 is 2.29 bits per heavy atom. The van der Waals surface area contributed by atoms with Gasteiger partial charge in [-0.05, 0) is 42.5 Å². The van der Waals surface area contributed by atoms with E-state index in [1.807, 2.05) is 6.07 Å². The van der Waals surface area contributed by atoms with E-state index in [1.54, 1.807) is 43.9 Å². The van der Waals surface area contributed by atoms with Gasteiger partial charge in [-0.3, -0.25) is 4.79 Å². The number of thiophene rings is 1. The highest BCUT2D eigenvalue weighted by Crippen LogP contribution is 2.48. The Balaban J connectivity index is 1.82. The van der Waals surface area contributed by atoms with E-state index in [1.165, 1.54) is 30.6 Å². The van der Waals surface area contributed by atoms with E-state index in [0.29, 0.717) is 22.9 Å². The van der Waals surface area contributed by atoms with Gasteiger partial charge in [-0.15, -0.1) is 11.3 Å². The summed E-state index contributed by atoms with van der Waals surface area (Å²) >= 11 is 1.30. The number of rotatable bonds is 6. The van der Waals surface area contributed by atoms with Crippen molar-refractivity contribution in [1.82, 2.24) is 0 Å². The number of anilines is 1. The van der Waals surface area contributed by atoms with Crippen molar-refractivity contribution in [3.05, 3.63) is 58.3 Å². The number of sulfone groups is 1. The van der Waals surface area contributed by atoms with Crippen molar-refractivity contribution in [2.45, 2.75) is 22.1 Å². The summed E-state index contributed by atoms with van der Waals surface area (Å²) in [5, 5.41) is 4.35.